The third-order valence-electron chi connectivity index (χ3n) is 3.48. The van der Waals surface area contributed by atoms with Gasteiger partial charge in [-0.3, -0.25) is 0 Å². The Kier molecular flexibility index (Phi) is 4.53. The Bertz CT molecular complexity index is 824. The van der Waals surface area contributed by atoms with E-state index in [0.717, 1.165) is 21.6 Å². The SMILES string of the molecule is CCOC(=O)c1cc(-c2ccc(C)s2)c(-c2ccccc2)cn1. The van der Waals surface area contributed by atoms with Gasteiger partial charge in [-0.1, -0.05) is 30.3 Å². The van der Waals surface area contributed by atoms with Crippen LogP contribution in [0, 0.1) is 6.92 Å². The zero-order valence-corrected chi connectivity index (χ0v) is 13.9. The number of carbonyl (C=O) groups is 1. The van der Waals surface area contributed by atoms with Crippen molar-refractivity contribution in [2.24, 2.45) is 0 Å². The summed E-state index contributed by atoms with van der Waals surface area (Å²) in [4.78, 5) is 18.6. The zero-order chi connectivity index (χ0) is 16.2. The lowest BCUT2D eigenvalue weighted by atomic mass is 10.00. The van der Waals surface area contributed by atoms with Crippen LogP contribution >= 0.6 is 11.3 Å². The van der Waals surface area contributed by atoms with E-state index in [1.54, 1.807) is 24.5 Å². The minimum absolute atomic E-state index is 0.340. The highest BCUT2D eigenvalue weighted by molar-refractivity contribution is 7.15. The van der Waals surface area contributed by atoms with E-state index in [2.05, 4.69) is 24.0 Å². The molecular weight excluding hydrogens is 306 g/mol. The van der Waals surface area contributed by atoms with Gasteiger partial charge in [0.1, 0.15) is 5.69 Å². The summed E-state index contributed by atoms with van der Waals surface area (Å²) < 4.78 is 5.07. The lowest BCUT2D eigenvalue weighted by Gasteiger charge is -2.10. The predicted molar refractivity (Wildman–Crippen MR) is 93.7 cm³/mol. The number of esters is 1. The Hall–Kier alpha value is -2.46. The van der Waals surface area contributed by atoms with Gasteiger partial charge in [0.2, 0.25) is 0 Å². The van der Waals surface area contributed by atoms with Crippen molar-refractivity contribution in [2.75, 3.05) is 6.61 Å². The maximum absolute atomic E-state index is 12.0. The molecular formula is C19H17NO2S. The third kappa shape index (κ3) is 3.32. The molecule has 4 heteroatoms. The molecule has 0 aliphatic rings. The van der Waals surface area contributed by atoms with E-state index in [1.165, 1.54) is 4.88 Å². The van der Waals surface area contributed by atoms with Crippen LogP contribution in [0.1, 0.15) is 22.3 Å². The number of thiophene rings is 1. The van der Waals surface area contributed by atoms with Crippen molar-refractivity contribution in [1.82, 2.24) is 4.98 Å². The van der Waals surface area contributed by atoms with Gasteiger partial charge < -0.3 is 4.74 Å². The van der Waals surface area contributed by atoms with Gasteiger partial charge in [0, 0.05) is 27.1 Å². The number of carbonyl (C=O) groups excluding carboxylic acids is 1. The first-order valence-electron chi connectivity index (χ1n) is 7.48. The van der Waals surface area contributed by atoms with Crippen molar-refractivity contribution in [2.45, 2.75) is 13.8 Å². The van der Waals surface area contributed by atoms with Gasteiger partial charge in [-0.25, -0.2) is 9.78 Å². The molecule has 3 rings (SSSR count). The molecule has 0 radical (unpaired) electrons. The summed E-state index contributed by atoms with van der Waals surface area (Å²) in [5.74, 6) is -0.387. The van der Waals surface area contributed by atoms with Crippen molar-refractivity contribution in [3.05, 3.63) is 65.3 Å². The lowest BCUT2D eigenvalue weighted by molar-refractivity contribution is 0.0519. The second kappa shape index (κ2) is 6.75. The first-order chi connectivity index (χ1) is 11.2. The fourth-order valence-corrected chi connectivity index (χ4v) is 3.30. The van der Waals surface area contributed by atoms with Gasteiger partial charge in [-0.2, -0.15) is 0 Å². The summed E-state index contributed by atoms with van der Waals surface area (Å²) in [6.07, 6.45) is 1.76. The molecule has 3 nitrogen and oxygen atoms in total. The molecule has 0 saturated heterocycles. The van der Waals surface area contributed by atoms with Gasteiger partial charge >= 0.3 is 5.97 Å². The second-order valence-electron chi connectivity index (χ2n) is 5.11. The van der Waals surface area contributed by atoms with E-state index in [1.807, 2.05) is 36.4 Å². The van der Waals surface area contributed by atoms with E-state index in [0.29, 0.717) is 12.3 Å². The Morgan fingerprint density at radius 2 is 1.91 bits per heavy atom. The number of nitrogens with zero attached hydrogens (tertiary/aromatic N) is 1. The average Bonchev–Trinajstić information content (AvgIpc) is 3.02. The fraction of sp³-hybridized carbons (Fsp3) is 0.158. The maximum Gasteiger partial charge on any atom is 0.356 e. The number of rotatable bonds is 4. The van der Waals surface area contributed by atoms with E-state index in [4.69, 9.17) is 4.74 Å². The Morgan fingerprint density at radius 3 is 2.57 bits per heavy atom. The van der Waals surface area contributed by atoms with E-state index in [9.17, 15) is 4.79 Å². The molecule has 0 spiro atoms. The molecule has 0 bridgehead atoms. The molecule has 23 heavy (non-hydrogen) atoms. The van der Waals surface area contributed by atoms with Crippen molar-refractivity contribution in [3.63, 3.8) is 0 Å². The number of hydrogen-bond donors (Lipinski definition) is 0. The fourth-order valence-electron chi connectivity index (χ4n) is 2.40. The highest BCUT2D eigenvalue weighted by atomic mass is 32.1. The van der Waals surface area contributed by atoms with Crippen LogP contribution in [0.5, 0.6) is 0 Å². The number of hydrogen-bond acceptors (Lipinski definition) is 4. The smallest absolute Gasteiger partial charge is 0.356 e. The Balaban J connectivity index is 2.14. The standard InChI is InChI=1S/C19H17NO2S/c1-3-22-19(21)17-11-15(18-10-9-13(2)23-18)16(12-20-17)14-7-5-4-6-8-14/h4-12H,3H2,1-2H3. The summed E-state index contributed by atoms with van der Waals surface area (Å²) >= 11 is 1.70. The van der Waals surface area contributed by atoms with Crippen LogP contribution in [-0.2, 0) is 4.74 Å². The average molecular weight is 323 g/mol. The first-order valence-corrected chi connectivity index (χ1v) is 8.30. The summed E-state index contributed by atoms with van der Waals surface area (Å²) in [5.41, 5.74) is 3.44. The number of aryl methyl sites for hydroxylation is 1. The maximum atomic E-state index is 12.0. The number of ether oxygens (including phenoxy) is 1. The molecule has 3 aromatic rings. The largest absolute Gasteiger partial charge is 0.461 e. The third-order valence-corrected chi connectivity index (χ3v) is 4.51. The monoisotopic (exact) mass is 323 g/mol. The van der Waals surface area contributed by atoms with Gasteiger partial charge in [-0.15, -0.1) is 11.3 Å². The highest BCUT2D eigenvalue weighted by Gasteiger charge is 2.15. The van der Waals surface area contributed by atoms with Gasteiger partial charge in [0.15, 0.2) is 0 Å². The van der Waals surface area contributed by atoms with Crippen LogP contribution < -0.4 is 0 Å². The molecule has 0 aliphatic heterocycles. The number of pyridine rings is 1. The Morgan fingerprint density at radius 1 is 1.13 bits per heavy atom. The summed E-state index contributed by atoms with van der Waals surface area (Å²) in [7, 11) is 0. The summed E-state index contributed by atoms with van der Waals surface area (Å²) in [6, 6.07) is 16.1. The van der Waals surface area contributed by atoms with Gasteiger partial charge in [0.05, 0.1) is 6.61 Å². The van der Waals surface area contributed by atoms with E-state index >= 15 is 0 Å². The minimum Gasteiger partial charge on any atom is -0.461 e. The molecule has 0 saturated carbocycles. The number of aromatic nitrogens is 1. The number of benzene rings is 1. The highest BCUT2D eigenvalue weighted by Crippen LogP contribution is 2.36. The molecule has 2 heterocycles. The van der Waals surface area contributed by atoms with Crippen molar-refractivity contribution < 1.29 is 9.53 Å². The molecule has 0 atom stereocenters. The lowest BCUT2D eigenvalue weighted by Crippen LogP contribution is -2.07. The van der Waals surface area contributed by atoms with Crippen LogP contribution in [0.15, 0.2) is 54.7 Å². The van der Waals surface area contributed by atoms with Crippen LogP contribution in [0.4, 0.5) is 0 Å². The summed E-state index contributed by atoms with van der Waals surface area (Å²) in [6.45, 7) is 4.21. The normalized spacial score (nSPS) is 10.5. The first kappa shape index (κ1) is 15.4. The van der Waals surface area contributed by atoms with Crippen LogP contribution in [0.25, 0.3) is 21.6 Å². The molecule has 0 fully saturated rings. The minimum atomic E-state index is -0.387. The predicted octanol–water partition coefficient (Wildman–Crippen LogP) is 4.96. The van der Waals surface area contributed by atoms with Crippen molar-refractivity contribution in [1.29, 1.82) is 0 Å². The molecule has 2 aromatic heterocycles. The quantitative estimate of drug-likeness (QED) is 0.637. The van der Waals surface area contributed by atoms with Crippen LogP contribution in [0.2, 0.25) is 0 Å². The Labute approximate surface area is 139 Å². The van der Waals surface area contributed by atoms with E-state index in [-0.39, 0.29) is 5.97 Å². The zero-order valence-electron chi connectivity index (χ0n) is 13.1. The van der Waals surface area contributed by atoms with Gasteiger partial charge in [0.25, 0.3) is 0 Å². The van der Waals surface area contributed by atoms with Crippen molar-refractivity contribution >= 4 is 17.3 Å². The molecule has 1 aromatic carbocycles. The van der Waals surface area contributed by atoms with Crippen LogP contribution in [0.3, 0.4) is 0 Å². The molecule has 0 amide bonds. The summed E-state index contributed by atoms with van der Waals surface area (Å²) in [5, 5.41) is 0. The second-order valence-corrected chi connectivity index (χ2v) is 6.40. The van der Waals surface area contributed by atoms with Gasteiger partial charge in [-0.05, 0) is 37.6 Å². The van der Waals surface area contributed by atoms with Crippen molar-refractivity contribution in [3.8, 4) is 21.6 Å². The molecule has 0 N–H and O–H groups in total. The molecule has 0 unspecified atom stereocenters. The van der Waals surface area contributed by atoms with Crippen LogP contribution in [-0.4, -0.2) is 17.6 Å². The molecule has 0 aliphatic carbocycles. The van der Waals surface area contributed by atoms with E-state index < -0.39 is 0 Å². The topological polar surface area (TPSA) is 39.2 Å². The molecule has 116 valence electrons.